The van der Waals surface area contributed by atoms with E-state index in [0.29, 0.717) is 94.8 Å². The lowest BCUT2D eigenvalue weighted by Crippen LogP contribution is -2.06. The molecule has 0 radical (unpaired) electrons. The molecule has 8 heteroatoms. The van der Waals surface area contributed by atoms with Crippen molar-refractivity contribution in [1.29, 1.82) is 21.0 Å². The molecule has 0 unspecified atom stereocenters. The third-order valence-electron chi connectivity index (χ3n) is 4.55. The Labute approximate surface area is 163 Å². The van der Waals surface area contributed by atoms with E-state index in [1.54, 1.807) is 0 Å². The van der Waals surface area contributed by atoms with Gasteiger partial charge in [-0.2, -0.15) is 21.0 Å². The molecule has 0 aliphatic rings. The molecule has 0 fully saturated rings. The van der Waals surface area contributed by atoms with Gasteiger partial charge in [0.2, 0.25) is 0 Å². The predicted molar refractivity (Wildman–Crippen MR) is 108 cm³/mol. The zero-order valence-electron chi connectivity index (χ0n) is 16.1. The molecule has 0 spiro atoms. The number of rotatable bonds is 16. The summed E-state index contributed by atoms with van der Waals surface area (Å²) >= 11 is 0. The molecule has 0 aliphatic carbocycles. The normalized spacial score (nSPS) is 11.1. The van der Waals surface area contributed by atoms with Crippen molar-refractivity contribution in [1.82, 2.24) is 0 Å². The zero-order chi connectivity index (χ0) is 20.4. The van der Waals surface area contributed by atoms with Gasteiger partial charge < -0.3 is 9.13 Å². The van der Waals surface area contributed by atoms with Crippen LogP contribution in [-0.2, 0) is 9.13 Å². The Morgan fingerprint density at radius 1 is 0.444 bits per heavy atom. The number of nitriles is 4. The molecule has 0 N–H and O–H groups in total. The molecule has 6 nitrogen and oxygen atoms in total. The van der Waals surface area contributed by atoms with Gasteiger partial charge in [0.25, 0.3) is 0 Å². The SMILES string of the molecule is N#CCCCP(=O)(CCCC#N)CCCP(=O)(CCCC#N)CCCC#N. The van der Waals surface area contributed by atoms with Crippen LogP contribution < -0.4 is 0 Å². The van der Waals surface area contributed by atoms with Gasteiger partial charge in [-0.25, -0.2) is 0 Å². The lowest BCUT2D eigenvalue weighted by molar-refractivity contribution is 0.566. The van der Waals surface area contributed by atoms with Gasteiger partial charge in [0.1, 0.15) is 0 Å². The molecule has 0 aromatic rings. The molecule has 0 rings (SSSR count). The fourth-order valence-electron chi connectivity index (χ4n) is 3.10. The van der Waals surface area contributed by atoms with Crippen LogP contribution in [0.25, 0.3) is 0 Å². The maximum atomic E-state index is 13.2. The fourth-order valence-corrected chi connectivity index (χ4v) is 9.10. The molecule has 0 aliphatic heterocycles. The highest BCUT2D eigenvalue weighted by atomic mass is 31.2. The molecule has 27 heavy (non-hydrogen) atoms. The Hall–Kier alpha value is -1.58. The first-order valence-corrected chi connectivity index (χ1v) is 14.1. The van der Waals surface area contributed by atoms with Crippen molar-refractivity contribution in [3.05, 3.63) is 0 Å². The topological polar surface area (TPSA) is 129 Å². The molecular weight excluding hydrogens is 378 g/mol. The van der Waals surface area contributed by atoms with E-state index >= 15 is 0 Å². The van der Waals surface area contributed by atoms with E-state index in [1.165, 1.54) is 0 Å². The first kappa shape index (κ1) is 25.4. The van der Waals surface area contributed by atoms with Crippen molar-refractivity contribution < 1.29 is 9.13 Å². The summed E-state index contributed by atoms with van der Waals surface area (Å²) in [7, 11) is -4.91. The second-order valence-electron chi connectivity index (χ2n) is 6.86. The second kappa shape index (κ2) is 15.5. The highest BCUT2D eigenvalue weighted by Gasteiger charge is 2.25. The van der Waals surface area contributed by atoms with Crippen molar-refractivity contribution in [2.45, 2.75) is 57.8 Å². The van der Waals surface area contributed by atoms with Crippen molar-refractivity contribution in [3.8, 4) is 24.3 Å². The second-order valence-corrected chi connectivity index (χ2v) is 13.8. The Morgan fingerprint density at radius 3 is 0.889 bits per heavy atom. The summed E-state index contributed by atoms with van der Waals surface area (Å²) < 4.78 is 26.3. The van der Waals surface area contributed by atoms with Crippen LogP contribution in [0.1, 0.15) is 57.8 Å². The average Bonchev–Trinajstić information content (AvgIpc) is 2.63. The monoisotopic (exact) mass is 408 g/mol. The predicted octanol–water partition coefficient (Wildman–Crippen LogP) is 5.32. The van der Waals surface area contributed by atoms with Crippen molar-refractivity contribution in [2.75, 3.05) is 37.0 Å². The minimum Gasteiger partial charge on any atom is -0.324 e. The molecule has 0 bridgehead atoms. The first-order valence-electron chi connectivity index (χ1n) is 9.57. The lowest BCUT2D eigenvalue weighted by atomic mass is 10.4. The molecule has 148 valence electrons. The van der Waals surface area contributed by atoms with Gasteiger partial charge in [0.05, 0.1) is 38.6 Å². The molecule has 0 heterocycles. The van der Waals surface area contributed by atoms with Crippen LogP contribution in [0, 0.1) is 45.3 Å². The first-order chi connectivity index (χ1) is 12.9. The van der Waals surface area contributed by atoms with E-state index in [4.69, 9.17) is 21.0 Å². The fraction of sp³-hybridized carbons (Fsp3) is 0.789. The smallest absolute Gasteiger partial charge is 0.0878 e. The quantitative estimate of drug-likeness (QED) is 0.251. The number of hydrogen-bond acceptors (Lipinski definition) is 6. The van der Waals surface area contributed by atoms with Crippen LogP contribution in [0.4, 0.5) is 0 Å². The van der Waals surface area contributed by atoms with Gasteiger partial charge in [-0.15, -0.1) is 0 Å². The van der Waals surface area contributed by atoms with E-state index in [1.807, 2.05) is 0 Å². The Morgan fingerprint density at radius 2 is 0.667 bits per heavy atom. The summed E-state index contributed by atoms with van der Waals surface area (Å²) in [5.74, 6) is 0. The van der Waals surface area contributed by atoms with E-state index in [2.05, 4.69) is 24.3 Å². The van der Waals surface area contributed by atoms with E-state index in [9.17, 15) is 9.13 Å². The number of nitrogens with zero attached hydrogens (tertiary/aromatic N) is 4. The van der Waals surface area contributed by atoms with E-state index in [-0.39, 0.29) is 0 Å². The molecule has 0 atom stereocenters. The summed E-state index contributed by atoms with van der Waals surface area (Å²) in [4.78, 5) is 0. The van der Waals surface area contributed by atoms with Gasteiger partial charge in [-0.1, -0.05) is 0 Å². The summed E-state index contributed by atoms with van der Waals surface area (Å²) in [5.41, 5.74) is 0. The summed E-state index contributed by atoms with van der Waals surface area (Å²) in [6, 6.07) is 8.30. The van der Waals surface area contributed by atoms with Crippen LogP contribution in [0.15, 0.2) is 0 Å². The minimum atomic E-state index is -2.46. The molecule has 0 aromatic carbocycles. The highest BCUT2D eigenvalue weighted by Crippen LogP contribution is 2.52. The highest BCUT2D eigenvalue weighted by molar-refractivity contribution is 7.64. The van der Waals surface area contributed by atoms with Crippen LogP contribution >= 0.6 is 14.3 Å². The van der Waals surface area contributed by atoms with E-state index in [0.717, 1.165) is 0 Å². The molecular formula is C19H30N4O2P2. The Kier molecular flexibility index (Phi) is 14.6. The van der Waals surface area contributed by atoms with Gasteiger partial charge in [-0.3, -0.25) is 0 Å². The molecule has 0 saturated carbocycles. The van der Waals surface area contributed by atoms with Gasteiger partial charge in [-0.05, 0) is 32.1 Å². The lowest BCUT2D eigenvalue weighted by Gasteiger charge is -2.21. The molecule has 0 amide bonds. The zero-order valence-corrected chi connectivity index (χ0v) is 17.9. The van der Waals surface area contributed by atoms with Gasteiger partial charge >= 0.3 is 0 Å². The van der Waals surface area contributed by atoms with Crippen molar-refractivity contribution in [3.63, 3.8) is 0 Å². The van der Waals surface area contributed by atoms with Crippen LogP contribution in [0.3, 0.4) is 0 Å². The van der Waals surface area contributed by atoms with Crippen LogP contribution in [-0.4, -0.2) is 37.0 Å². The van der Waals surface area contributed by atoms with E-state index < -0.39 is 14.3 Å². The van der Waals surface area contributed by atoms with Gasteiger partial charge in [0.15, 0.2) is 0 Å². The molecule has 0 aromatic heterocycles. The standard InChI is InChI=1S/C19H30N4O2P2/c20-10-1-5-14-26(24,15-6-2-11-21)18-9-19-27(25,16-7-3-12-22)17-8-4-13-23/h1-9,14-19H2. The third kappa shape index (κ3) is 13.3. The largest absolute Gasteiger partial charge is 0.324 e. The average molecular weight is 408 g/mol. The summed E-state index contributed by atoms with van der Waals surface area (Å²) in [6.45, 7) is 0. The number of unbranched alkanes of at least 4 members (excludes halogenated alkanes) is 4. The van der Waals surface area contributed by atoms with Crippen LogP contribution in [0.2, 0.25) is 0 Å². The summed E-state index contributed by atoms with van der Waals surface area (Å²) in [5, 5.41) is 34.8. The number of hydrogen-bond donors (Lipinski definition) is 0. The van der Waals surface area contributed by atoms with Gasteiger partial charge in [0, 0.05) is 62.7 Å². The van der Waals surface area contributed by atoms with Crippen molar-refractivity contribution in [2.24, 2.45) is 0 Å². The third-order valence-corrected chi connectivity index (χ3v) is 11.3. The van der Waals surface area contributed by atoms with Crippen LogP contribution in [0.5, 0.6) is 0 Å². The Balaban J connectivity index is 4.76. The maximum absolute atomic E-state index is 13.2. The Bertz CT molecular complexity index is 574. The summed E-state index contributed by atoms with van der Waals surface area (Å²) in [6.07, 6.45) is 7.58. The minimum absolute atomic E-state index is 0.378. The van der Waals surface area contributed by atoms with Crippen molar-refractivity contribution >= 4 is 14.3 Å². The maximum Gasteiger partial charge on any atom is 0.0878 e. The molecule has 0 saturated heterocycles.